The number of rotatable bonds is 5. The molecule has 1 N–H and O–H groups in total. The van der Waals surface area contributed by atoms with E-state index in [1.165, 1.54) is 0 Å². The van der Waals surface area contributed by atoms with Gasteiger partial charge in [0.1, 0.15) is 0 Å². The fraction of sp³-hybridized carbons (Fsp3) is 0.786. The monoisotopic (exact) mass is 284 g/mol. The molecule has 4 nitrogen and oxygen atoms in total. The third-order valence-electron chi connectivity index (χ3n) is 4.22. The maximum atomic E-state index is 11.9. The molecule has 110 valence electrons. The summed E-state index contributed by atoms with van der Waals surface area (Å²) in [4.78, 5) is 13.8. The Morgan fingerprint density at radius 1 is 1.53 bits per heavy atom. The molecule has 5 heteroatoms. The van der Waals surface area contributed by atoms with E-state index in [9.17, 15) is 4.79 Å². The first-order valence-electron chi connectivity index (χ1n) is 6.96. The van der Waals surface area contributed by atoms with Crippen LogP contribution in [0.15, 0.2) is 12.7 Å². The lowest BCUT2D eigenvalue weighted by molar-refractivity contribution is -0.134. The Labute approximate surface area is 118 Å². The van der Waals surface area contributed by atoms with Crippen molar-refractivity contribution in [2.24, 2.45) is 0 Å². The van der Waals surface area contributed by atoms with Crippen molar-refractivity contribution in [3.63, 3.8) is 0 Å². The van der Waals surface area contributed by atoms with Crippen molar-refractivity contribution in [1.82, 2.24) is 10.2 Å². The van der Waals surface area contributed by atoms with Gasteiger partial charge in [-0.2, -0.15) is 0 Å². The van der Waals surface area contributed by atoms with Gasteiger partial charge in [0.15, 0.2) is 8.32 Å². The van der Waals surface area contributed by atoms with Crippen molar-refractivity contribution in [3.8, 4) is 0 Å². The highest BCUT2D eigenvalue weighted by molar-refractivity contribution is 6.74. The van der Waals surface area contributed by atoms with Crippen LogP contribution in [0.3, 0.4) is 0 Å². The minimum absolute atomic E-state index is 0.0104. The molecule has 1 amide bonds. The molecule has 19 heavy (non-hydrogen) atoms. The van der Waals surface area contributed by atoms with Gasteiger partial charge >= 0.3 is 0 Å². The summed E-state index contributed by atoms with van der Waals surface area (Å²) in [6.45, 7) is 17.5. The summed E-state index contributed by atoms with van der Waals surface area (Å²) in [6.07, 6.45) is 1.83. The van der Waals surface area contributed by atoms with Crippen LogP contribution in [-0.2, 0) is 9.22 Å². The van der Waals surface area contributed by atoms with Crippen LogP contribution in [0, 0.1) is 0 Å². The topological polar surface area (TPSA) is 41.6 Å². The minimum atomic E-state index is -1.77. The van der Waals surface area contributed by atoms with Gasteiger partial charge in [0.25, 0.3) is 0 Å². The van der Waals surface area contributed by atoms with Gasteiger partial charge < -0.3 is 14.6 Å². The Morgan fingerprint density at radius 2 is 2.16 bits per heavy atom. The molecule has 1 atom stereocenters. The lowest BCUT2D eigenvalue weighted by Gasteiger charge is -2.39. The van der Waals surface area contributed by atoms with Gasteiger partial charge in [0.2, 0.25) is 5.91 Å². The fourth-order valence-electron chi connectivity index (χ4n) is 1.77. The molecular weight excluding hydrogens is 256 g/mol. The number of hydrogen-bond acceptors (Lipinski definition) is 3. The molecule has 0 saturated carbocycles. The number of carbonyl (C=O) groups excluding carboxylic acids is 1. The smallest absolute Gasteiger partial charge is 0.237 e. The first-order chi connectivity index (χ1) is 8.69. The Bertz CT molecular complexity index is 337. The van der Waals surface area contributed by atoms with E-state index in [4.69, 9.17) is 4.43 Å². The van der Waals surface area contributed by atoms with Crippen LogP contribution in [-0.4, -0.2) is 51.4 Å². The highest BCUT2D eigenvalue weighted by Gasteiger charge is 2.38. The van der Waals surface area contributed by atoms with E-state index in [0.717, 1.165) is 13.1 Å². The quantitative estimate of drug-likeness (QED) is 0.620. The molecule has 0 aromatic heterocycles. The maximum Gasteiger partial charge on any atom is 0.237 e. The molecular formula is C14H28N2O2Si. The summed E-state index contributed by atoms with van der Waals surface area (Å²) in [5.74, 6) is 0.134. The van der Waals surface area contributed by atoms with Crippen LogP contribution in [0.4, 0.5) is 0 Å². The Hall–Kier alpha value is -0.653. The molecule has 1 heterocycles. The van der Waals surface area contributed by atoms with Crippen molar-refractivity contribution in [3.05, 3.63) is 12.7 Å². The summed E-state index contributed by atoms with van der Waals surface area (Å²) in [7, 11) is -1.77. The number of nitrogens with one attached hydrogen (secondary N) is 1. The van der Waals surface area contributed by atoms with Gasteiger partial charge in [-0.05, 0) is 18.1 Å². The molecule has 1 saturated heterocycles. The third-order valence-corrected chi connectivity index (χ3v) is 8.72. The van der Waals surface area contributed by atoms with E-state index >= 15 is 0 Å². The summed E-state index contributed by atoms with van der Waals surface area (Å²) in [6, 6.07) is -0.0104. The summed E-state index contributed by atoms with van der Waals surface area (Å²) < 4.78 is 6.20. The molecule has 0 bridgehead atoms. The molecule has 0 aromatic rings. The molecule has 0 unspecified atom stereocenters. The highest BCUT2D eigenvalue weighted by atomic mass is 28.4. The zero-order valence-electron chi connectivity index (χ0n) is 13.0. The first kappa shape index (κ1) is 16.4. The second kappa shape index (κ2) is 6.20. The van der Waals surface area contributed by atoms with E-state index in [2.05, 4.69) is 45.8 Å². The van der Waals surface area contributed by atoms with E-state index in [1.807, 2.05) is 11.0 Å². The van der Waals surface area contributed by atoms with Gasteiger partial charge in [-0.25, -0.2) is 0 Å². The number of nitrogens with zero attached hydrogens (tertiary/aromatic N) is 1. The fourth-order valence-corrected chi connectivity index (χ4v) is 2.79. The Kier molecular flexibility index (Phi) is 5.35. The largest absolute Gasteiger partial charge is 0.414 e. The van der Waals surface area contributed by atoms with E-state index in [0.29, 0.717) is 13.2 Å². The SMILES string of the molecule is C=C[C@@H](CO[Si](C)(C)C(C)(C)C)N1CCNCC1=O. The van der Waals surface area contributed by atoms with Gasteiger partial charge in [0, 0.05) is 13.1 Å². The summed E-state index contributed by atoms with van der Waals surface area (Å²) in [5, 5.41) is 3.27. The van der Waals surface area contributed by atoms with E-state index in [1.54, 1.807) is 0 Å². The molecule has 0 aliphatic carbocycles. The second-order valence-electron chi connectivity index (χ2n) is 6.64. The van der Waals surface area contributed by atoms with Crippen molar-refractivity contribution >= 4 is 14.2 Å². The molecule has 1 aliphatic rings. The van der Waals surface area contributed by atoms with Crippen LogP contribution in [0.2, 0.25) is 18.1 Å². The molecule has 1 fully saturated rings. The van der Waals surface area contributed by atoms with Crippen molar-refractivity contribution in [2.75, 3.05) is 26.2 Å². The predicted octanol–water partition coefficient (Wildman–Crippen LogP) is 1.99. The average molecular weight is 284 g/mol. The first-order valence-corrected chi connectivity index (χ1v) is 9.86. The van der Waals surface area contributed by atoms with Crippen LogP contribution in [0.25, 0.3) is 0 Å². The van der Waals surface area contributed by atoms with Crippen LogP contribution in [0.5, 0.6) is 0 Å². The second-order valence-corrected chi connectivity index (χ2v) is 11.4. The molecule has 0 aromatic carbocycles. The lowest BCUT2D eigenvalue weighted by Crippen LogP contribution is -2.54. The van der Waals surface area contributed by atoms with Crippen molar-refractivity contribution in [1.29, 1.82) is 0 Å². The molecule has 1 rings (SSSR count). The lowest BCUT2D eigenvalue weighted by atomic mass is 10.2. The summed E-state index contributed by atoms with van der Waals surface area (Å²) in [5.41, 5.74) is 0. The zero-order valence-corrected chi connectivity index (χ0v) is 14.0. The standard InChI is InChI=1S/C14H28N2O2Si/c1-7-12(16-9-8-15-10-13(16)17)11-18-19(5,6)14(2,3)4/h7,12,15H,1,8-11H2,2-6H3/t12-/m0/s1. The molecule has 0 spiro atoms. The van der Waals surface area contributed by atoms with Crippen LogP contribution >= 0.6 is 0 Å². The Balaban J connectivity index is 2.63. The van der Waals surface area contributed by atoms with E-state index < -0.39 is 8.32 Å². The average Bonchev–Trinajstić information content (AvgIpc) is 2.30. The Morgan fingerprint density at radius 3 is 2.63 bits per heavy atom. The van der Waals surface area contributed by atoms with Gasteiger partial charge in [-0.15, -0.1) is 6.58 Å². The zero-order chi connectivity index (χ0) is 14.7. The van der Waals surface area contributed by atoms with Gasteiger partial charge in [-0.1, -0.05) is 26.8 Å². The molecule has 1 aliphatic heterocycles. The van der Waals surface area contributed by atoms with Crippen LogP contribution in [0.1, 0.15) is 20.8 Å². The highest BCUT2D eigenvalue weighted by Crippen LogP contribution is 2.36. The number of carbonyl (C=O) groups is 1. The van der Waals surface area contributed by atoms with E-state index in [-0.39, 0.29) is 17.0 Å². The predicted molar refractivity (Wildman–Crippen MR) is 81.7 cm³/mol. The maximum absolute atomic E-state index is 11.9. The summed E-state index contributed by atoms with van der Waals surface area (Å²) >= 11 is 0. The van der Waals surface area contributed by atoms with Crippen LogP contribution < -0.4 is 5.32 Å². The molecule has 0 radical (unpaired) electrons. The third kappa shape index (κ3) is 4.16. The van der Waals surface area contributed by atoms with Gasteiger partial charge in [0.05, 0.1) is 19.2 Å². The normalized spacial score (nSPS) is 19.4. The minimum Gasteiger partial charge on any atom is -0.414 e. The number of piperazine rings is 1. The van der Waals surface area contributed by atoms with Crippen molar-refractivity contribution < 1.29 is 9.22 Å². The van der Waals surface area contributed by atoms with Crippen molar-refractivity contribution in [2.45, 2.75) is 44.9 Å². The number of hydrogen-bond donors (Lipinski definition) is 1. The number of amides is 1. The van der Waals surface area contributed by atoms with Gasteiger partial charge in [-0.3, -0.25) is 4.79 Å².